The molecule has 0 amide bonds. The summed E-state index contributed by atoms with van der Waals surface area (Å²) in [6.45, 7) is 5.73. The minimum Gasteiger partial charge on any atom is -0.391 e. The lowest BCUT2D eigenvalue weighted by atomic mass is 9.90. The molecule has 2 aliphatic heterocycles. The quantitative estimate of drug-likeness (QED) is 0.761. The lowest BCUT2D eigenvalue weighted by Crippen LogP contribution is -2.35. The fourth-order valence-electron chi connectivity index (χ4n) is 6.59. The largest absolute Gasteiger partial charge is 0.391 e. The fourth-order valence-corrected chi connectivity index (χ4v) is 6.59. The molecular formula is C28H34N2O. The van der Waals surface area contributed by atoms with Crippen molar-refractivity contribution in [1.82, 2.24) is 9.80 Å². The smallest absolute Gasteiger partial charge is 0.0743 e. The van der Waals surface area contributed by atoms with Gasteiger partial charge in [0.15, 0.2) is 0 Å². The van der Waals surface area contributed by atoms with Crippen LogP contribution < -0.4 is 0 Å². The van der Waals surface area contributed by atoms with Gasteiger partial charge in [0.25, 0.3) is 0 Å². The summed E-state index contributed by atoms with van der Waals surface area (Å²) in [4.78, 5) is 5.19. The van der Waals surface area contributed by atoms with E-state index < -0.39 is 0 Å². The first-order valence-corrected chi connectivity index (χ1v) is 12.2. The third kappa shape index (κ3) is 3.67. The lowest BCUT2D eigenvalue weighted by Gasteiger charge is -2.24. The van der Waals surface area contributed by atoms with Gasteiger partial charge in [0.05, 0.1) is 6.10 Å². The minimum atomic E-state index is -0.0764. The Bertz CT molecular complexity index is 953. The van der Waals surface area contributed by atoms with Gasteiger partial charge >= 0.3 is 0 Å². The summed E-state index contributed by atoms with van der Waals surface area (Å²) < 4.78 is 0. The van der Waals surface area contributed by atoms with Gasteiger partial charge < -0.3 is 5.11 Å². The maximum absolute atomic E-state index is 10.1. The van der Waals surface area contributed by atoms with Gasteiger partial charge in [-0.05, 0) is 66.8 Å². The Labute approximate surface area is 186 Å². The van der Waals surface area contributed by atoms with Crippen molar-refractivity contribution in [1.29, 1.82) is 0 Å². The van der Waals surface area contributed by atoms with Crippen molar-refractivity contribution in [3.8, 4) is 0 Å². The van der Waals surface area contributed by atoms with Gasteiger partial charge in [0, 0.05) is 37.6 Å². The monoisotopic (exact) mass is 414 g/mol. The van der Waals surface area contributed by atoms with E-state index in [1.54, 1.807) is 5.57 Å². The van der Waals surface area contributed by atoms with E-state index in [-0.39, 0.29) is 11.6 Å². The van der Waals surface area contributed by atoms with Gasteiger partial charge in [-0.15, -0.1) is 0 Å². The summed E-state index contributed by atoms with van der Waals surface area (Å²) in [6, 6.07) is 20.3. The normalized spacial score (nSPS) is 32.5. The average Bonchev–Trinajstić information content (AvgIpc) is 3.13. The number of fused-ring (bicyclic) bond motifs is 1. The number of allylic oxidation sites excluding steroid dienone is 1. The molecule has 2 aromatic rings. The van der Waals surface area contributed by atoms with E-state index in [9.17, 15) is 5.11 Å². The predicted molar refractivity (Wildman–Crippen MR) is 126 cm³/mol. The molecule has 3 heteroatoms. The van der Waals surface area contributed by atoms with Gasteiger partial charge in [-0.3, -0.25) is 9.80 Å². The van der Waals surface area contributed by atoms with Crippen molar-refractivity contribution in [2.45, 2.75) is 50.3 Å². The number of benzene rings is 2. The van der Waals surface area contributed by atoms with Crippen LogP contribution in [0.15, 0.2) is 60.7 Å². The standard InChI is InChI=1S/C28H34N2O/c31-27-17-28(27)14-4-15-30(28)16-13-21-7-9-23(10-8-21)25-12-11-24-19-29(20-26(24)25)18-22-5-2-1-3-6-22/h1-3,5-10,12,24,26-27,31H,4,11,13-20H2/t24?,26?,27-,28?/m0/s1. The fraction of sp³-hybridized carbons (Fsp3) is 0.500. The molecule has 0 bridgehead atoms. The Morgan fingerprint density at radius 2 is 1.77 bits per heavy atom. The number of hydrogen-bond acceptors (Lipinski definition) is 3. The highest BCUT2D eigenvalue weighted by Crippen LogP contribution is 2.49. The zero-order valence-electron chi connectivity index (χ0n) is 18.4. The molecule has 3 fully saturated rings. The van der Waals surface area contributed by atoms with E-state index in [1.165, 1.54) is 49.0 Å². The molecule has 31 heavy (non-hydrogen) atoms. The molecular weight excluding hydrogens is 380 g/mol. The van der Waals surface area contributed by atoms with Gasteiger partial charge in [0.1, 0.15) is 0 Å². The SMILES string of the molecule is O[C@H]1CC12CCCN2CCc1ccc(C2=CCC3CN(Cc4ccccc4)CC23)cc1. The number of aliphatic hydroxyl groups is 1. The van der Waals surface area contributed by atoms with Gasteiger partial charge in [0.2, 0.25) is 0 Å². The number of likely N-dealkylation sites (tertiary alicyclic amines) is 2. The molecule has 2 heterocycles. The van der Waals surface area contributed by atoms with Crippen LogP contribution in [-0.4, -0.2) is 52.7 Å². The predicted octanol–water partition coefficient (Wildman–Crippen LogP) is 4.36. The molecule has 0 radical (unpaired) electrons. The molecule has 1 spiro atoms. The molecule has 1 N–H and O–H groups in total. The minimum absolute atomic E-state index is 0.0764. The second kappa shape index (κ2) is 7.88. The summed E-state index contributed by atoms with van der Waals surface area (Å²) in [5, 5.41) is 10.1. The van der Waals surface area contributed by atoms with Crippen LogP contribution >= 0.6 is 0 Å². The number of hydrogen-bond donors (Lipinski definition) is 1. The first-order chi connectivity index (χ1) is 15.2. The van der Waals surface area contributed by atoms with Crippen molar-refractivity contribution >= 4 is 5.57 Å². The van der Waals surface area contributed by atoms with Crippen LogP contribution in [0.3, 0.4) is 0 Å². The molecule has 162 valence electrons. The molecule has 2 saturated heterocycles. The average molecular weight is 415 g/mol. The van der Waals surface area contributed by atoms with Crippen molar-refractivity contribution in [3.05, 3.63) is 77.4 Å². The maximum Gasteiger partial charge on any atom is 0.0743 e. The molecule has 0 aromatic heterocycles. The van der Waals surface area contributed by atoms with Crippen LogP contribution in [0, 0.1) is 11.8 Å². The lowest BCUT2D eigenvalue weighted by molar-refractivity contribution is 0.156. The van der Waals surface area contributed by atoms with Gasteiger partial charge in [-0.1, -0.05) is 60.7 Å². The Hall–Kier alpha value is -1.94. The van der Waals surface area contributed by atoms with E-state index >= 15 is 0 Å². The van der Waals surface area contributed by atoms with Crippen LogP contribution in [0.25, 0.3) is 5.57 Å². The second-order valence-electron chi connectivity index (χ2n) is 10.3. The topological polar surface area (TPSA) is 26.7 Å². The van der Waals surface area contributed by atoms with Crippen molar-refractivity contribution < 1.29 is 5.11 Å². The van der Waals surface area contributed by atoms with Gasteiger partial charge in [-0.2, -0.15) is 0 Å². The van der Waals surface area contributed by atoms with Crippen LogP contribution in [-0.2, 0) is 13.0 Å². The zero-order valence-corrected chi connectivity index (χ0v) is 18.4. The highest BCUT2D eigenvalue weighted by molar-refractivity contribution is 5.70. The van der Waals surface area contributed by atoms with Crippen molar-refractivity contribution in [3.63, 3.8) is 0 Å². The zero-order chi connectivity index (χ0) is 20.8. The van der Waals surface area contributed by atoms with E-state index in [0.29, 0.717) is 5.92 Å². The second-order valence-corrected chi connectivity index (χ2v) is 10.3. The molecule has 1 saturated carbocycles. The molecule has 3 nitrogen and oxygen atoms in total. The molecule has 2 aliphatic carbocycles. The van der Waals surface area contributed by atoms with Crippen molar-refractivity contribution in [2.24, 2.45) is 11.8 Å². The first-order valence-electron chi connectivity index (χ1n) is 12.2. The van der Waals surface area contributed by atoms with Crippen molar-refractivity contribution in [2.75, 3.05) is 26.2 Å². The molecule has 4 atom stereocenters. The summed E-state index contributed by atoms with van der Waals surface area (Å²) in [7, 11) is 0. The summed E-state index contributed by atoms with van der Waals surface area (Å²) >= 11 is 0. The molecule has 3 unspecified atom stereocenters. The molecule has 6 rings (SSSR count). The third-order valence-electron chi connectivity index (χ3n) is 8.44. The van der Waals surface area contributed by atoms with E-state index in [0.717, 1.165) is 38.4 Å². The molecule has 4 aliphatic rings. The Morgan fingerprint density at radius 3 is 2.55 bits per heavy atom. The Morgan fingerprint density at radius 1 is 0.968 bits per heavy atom. The summed E-state index contributed by atoms with van der Waals surface area (Å²) in [6.07, 6.45) is 8.17. The number of rotatable bonds is 6. The van der Waals surface area contributed by atoms with Crippen LogP contribution in [0.2, 0.25) is 0 Å². The van der Waals surface area contributed by atoms with Crippen LogP contribution in [0.4, 0.5) is 0 Å². The number of nitrogens with zero attached hydrogens (tertiary/aromatic N) is 2. The summed E-state index contributed by atoms with van der Waals surface area (Å²) in [5.74, 6) is 1.48. The van der Waals surface area contributed by atoms with E-state index in [4.69, 9.17) is 0 Å². The van der Waals surface area contributed by atoms with Gasteiger partial charge in [-0.25, -0.2) is 0 Å². The Balaban J connectivity index is 1.07. The van der Waals surface area contributed by atoms with E-state index in [1.807, 2.05) is 0 Å². The Kier molecular flexibility index (Phi) is 5.01. The van der Waals surface area contributed by atoms with E-state index in [2.05, 4.69) is 70.5 Å². The third-order valence-corrected chi connectivity index (χ3v) is 8.44. The summed E-state index contributed by atoms with van der Waals surface area (Å²) in [5.41, 5.74) is 6.00. The van der Waals surface area contributed by atoms with Crippen LogP contribution in [0.1, 0.15) is 42.4 Å². The first kappa shape index (κ1) is 19.7. The highest BCUT2D eigenvalue weighted by atomic mass is 16.3. The number of aliphatic hydroxyl groups excluding tert-OH is 1. The van der Waals surface area contributed by atoms with Crippen LogP contribution in [0.5, 0.6) is 0 Å². The molecule has 2 aromatic carbocycles. The maximum atomic E-state index is 10.1. The highest BCUT2D eigenvalue weighted by Gasteiger charge is 2.59.